The number of nitrogens with zero attached hydrogens (tertiary/aromatic N) is 2. The van der Waals surface area contributed by atoms with E-state index in [1.54, 1.807) is 19.4 Å². The number of aromatic nitrogens is 2. The molecule has 0 saturated carbocycles. The smallest absolute Gasteiger partial charge is 0.216 e. The lowest BCUT2D eigenvalue weighted by Crippen LogP contribution is -1.97. The Labute approximate surface area is 93.9 Å². The van der Waals surface area contributed by atoms with Crippen LogP contribution in [0.4, 0.5) is 0 Å². The van der Waals surface area contributed by atoms with E-state index in [-0.39, 0.29) is 0 Å². The summed E-state index contributed by atoms with van der Waals surface area (Å²) in [5.74, 6) is 1.41. The molecule has 2 rings (SSSR count). The minimum atomic E-state index is 0.487. The molecule has 0 spiro atoms. The fourth-order valence-electron chi connectivity index (χ4n) is 1.24. The Morgan fingerprint density at radius 2 is 1.94 bits per heavy atom. The van der Waals surface area contributed by atoms with Gasteiger partial charge in [0.25, 0.3) is 0 Å². The Hall–Kier alpha value is -2.10. The number of hydrogen-bond donors (Lipinski definition) is 0. The largest absolute Gasteiger partial charge is 0.497 e. The average Bonchev–Trinajstić information content (AvgIpc) is 2.38. The predicted molar refractivity (Wildman–Crippen MR) is 59.4 cm³/mol. The van der Waals surface area contributed by atoms with Gasteiger partial charge in [0, 0.05) is 12.3 Å². The zero-order valence-corrected chi connectivity index (χ0v) is 8.96. The second-order valence-corrected chi connectivity index (χ2v) is 3.18. The lowest BCUT2D eigenvalue weighted by Gasteiger charge is -2.05. The number of hydrogen-bond acceptors (Lipinski definition) is 4. The van der Waals surface area contributed by atoms with Gasteiger partial charge in [-0.25, -0.2) is 9.97 Å². The van der Waals surface area contributed by atoms with Gasteiger partial charge in [-0.2, -0.15) is 0 Å². The molecule has 0 aliphatic heterocycles. The summed E-state index contributed by atoms with van der Waals surface area (Å²) in [5.41, 5.74) is 1.07. The van der Waals surface area contributed by atoms with E-state index in [0.29, 0.717) is 12.5 Å². The molecule has 0 amide bonds. The maximum absolute atomic E-state index is 5.47. The molecule has 0 atom stereocenters. The van der Waals surface area contributed by atoms with Crippen LogP contribution in [0.1, 0.15) is 5.56 Å². The third-order valence-corrected chi connectivity index (χ3v) is 2.10. The Kier molecular flexibility index (Phi) is 3.33. The summed E-state index contributed by atoms with van der Waals surface area (Å²) in [6, 6.07) is 9.45. The van der Waals surface area contributed by atoms with Crippen LogP contribution in [0.15, 0.2) is 42.9 Å². The molecule has 82 valence electrons. The summed E-state index contributed by atoms with van der Waals surface area (Å²) in [5, 5.41) is 0. The molecule has 4 nitrogen and oxygen atoms in total. The molecule has 4 heteroatoms. The first-order valence-corrected chi connectivity index (χ1v) is 4.90. The van der Waals surface area contributed by atoms with Crippen molar-refractivity contribution in [1.82, 2.24) is 9.97 Å². The van der Waals surface area contributed by atoms with Gasteiger partial charge in [-0.05, 0) is 17.7 Å². The van der Waals surface area contributed by atoms with Crippen molar-refractivity contribution >= 4 is 0 Å². The summed E-state index contributed by atoms with van der Waals surface area (Å²) >= 11 is 0. The first-order chi connectivity index (χ1) is 7.88. The van der Waals surface area contributed by atoms with Crippen LogP contribution < -0.4 is 9.47 Å². The zero-order valence-electron chi connectivity index (χ0n) is 8.96. The molecule has 1 aromatic carbocycles. The molecular weight excluding hydrogens is 204 g/mol. The van der Waals surface area contributed by atoms with Gasteiger partial charge in [0.05, 0.1) is 7.11 Å². The van der Waals surface area contributed by atoms with E-state index in [0.717, 1.165) is 11.3 Å². The van der Waals surface area contributed by atoms with Crippen LogP contribution >= 0.6 is 0 Å². The van der Waals surface area contributed by atoms with Gasteiger partial charge in [-0.15, -0.1) is 0 Å². The number of rotatable bonds is 4. The summed E-state index contributed by atoms with van der Waals surface area (Å²) in [4.78, 5) is 7.78. The quantitative estimate of drug-likeness (QED) is 0.784. The van der Waals surface area contributed by atoms with E-state index in [4.69, 9.17) is 9.47 Å². The normalized spacial score (nSPS) is 9.81. The van der Waals surface area contributed by atoms with Crippen LogP contribution in [0.2, 0.25) is 0 Å². The molecule has 2 aromatic rings. The zero-order chi connectivity index (χ0) is 11.2. The molecule has 0 aliphatic rings. The van der Waals surface area contributed by atoms with E-state index >= 15 is 0 Å². The molecule has 0 radical (unpaired) electrons. The van der Waals surface area contributed by atoms with Crippen LogP contribution in [0.5, 0.6) is 11.6 Å². The minimum absolute atomic E-state index is 0.487. The van der Waals surface area contributed by atoms with Gasteiger partial charge in [0.2, 0.25) is 5.88 Å². The van der Waals surface area contributed by atoms with Crippen LogP contribution in [0.25, 0.3) is 0 Å². The Bertz CT molecular complexity index is 429. The Morgan fingerprint density at radius 1 is 1.12 bits per heavy atom. The number of ether oxygens (including phenoxy) is 2. The van der Waals surface area contributed by atoms with E-state index in [9.17, 15) is 0 Å². The number of methoxy groups -OCH3 is 1. The summed E-state index contributed by atoms with van der Waals surface area (Å²) in [6.07, 6.45) is 3.11. The van der Waals surface area contributed by atoms with E-state index in [2.05, 4.69) is 9.97 Å². The molecule has 1 aromatic heterocycles. The van der Waals surface area contributed by atoms with Gasteiger partial charge < -0.3 is 9.47 Å². The lowest BCUT2D eigenvalue weighted by molar-refractivity contribution is 0.293. The van der Waals surface area contributed by atoms with Crippen LogP contribution in [0, 0.1) is 0 Å². The average molecular weight is 216 g/mol. The van der Waals surface area contributed by atoms with Crippen molar-refractivity contribution in [2.45, 2.75) is 6.61 Å². The van der Waals surface area contributed by atoms with E-state index in [1.165, 1.54) is 6.33 Å². The molecule has 0 fully saturated rings. The van der Waals surface area contributed by atoms with Crippen molar-refractivity contribution in [3.05, 3.63) is 48.4 Å². The highest BCUT2D eigenvalue weighted by Gasteiger charge is 1.97. The molecule has 0 saturated heterocycles. The topological polar surface area (TPSA) is 44.2 Å². The van der Waals surface area contributed by atoms with E-state index < -0.39 is 0 Å². The highest BCUT2D eigenvalue weighted by molar-refractivity contribution is 5.27. The molecule has 0 bridgehead atoms. The lowest BCUT2D eigenvalue weighted by atomic mass is 10.2. The Balaban J connectivity index is 1.94. The first-order valence-electron chi connectivity index (χ1n) is 4.90. The second-order valence-electron chi connectivity index (χ2n) is 3.18. The standard InChI is InChI=1S/C12H12N2O2/c1-15-11-4-2-10(3-5-11)8-16-12-6-7-13-9-14-12/h2-7,9H,8H2,1H3. The molecular formula is C12H12N2O2. The van der Waals surface area contributed by atoms with Crippen LogP contribution in [0.3, 0.4) is 0 Å². The predicted octanol–water partition coefficient (Wildman–Crippen LogP) is 2.06. The van der Waals surface area contributed by atoms with Gasteiger partial charge >= 0.3 is 0 Å². The summed E-state index contributed by atoms with van der Waals surface area (Å²) in [6.45, 7) is 0.487. The minimum Gasteiger partial charge on any atom is -0.497 e. The summed E-state index contributed by atoms with van der Waals surface area (Å²) < 4.78 is 10.5. The van der Waals surface area contributed by atoms with Crippen molar-refractivity contribution in [3.8, 4) is 11.6 Å². The first kappa shape index (κ1) is 10.4. The van der Waals surface area contributed by atoms with Gasteiger partial charge in [0.1, 0.15) is 18.7 Å². The fourth-order valence-corrected chi connectivity index (χ4v) is 1.24. The monoisotopic (exact) mass is 216 g/mol. The van der Waals surface area contributed by atoms with Gasteiger partial charge in [-0.3, -0.25) is 0 Å². The van der Waals surface area contributed by atoms with Crippen molar-refractivity contribution in [3.63, 3.8) is 0 Å². The highest BCUT2D eigenvalue weighted by Crippen LogP contribution is 2.13. The third kappa shape index (κ3) is 2.70. The van der Waals surface area contributed by atoms with Crippen molar-refractivity contribution in [1.29, 1.82) is 0 Å². The maximum Gasteiger partial charge on any atom is 0.216 e. The molecule has 1 heterocycles. The molecule has 0 aliphatic carbocycles. The maximum atomic E-state index is 5.47. The fraction of sp³-hybridized carbons (Fsp3) is 0.167. The third-order valence-electron chi connectivity index (χ3n) is 2.10. The van der Waals surface area contributed by atoms with Crippen molar-refractivity contribution < 1.29 is 9.47 Å². The molecule has 0 N–H and O–H groups in total. The van der Waals surface area contributed by atoms with E-state index in [1.807, 2.05) is 24.3 Å². The highest BCUT2D eigenvalue weighted by atomic mass is 16.5. The SMILES string of the molecule is COc1ccc(COc2ccncn2)cc1. The van der Waals surface area contributed by atoms with Gasteiger partial charge in [-0.1, -0.05) is 12.1 Å². The molecule has 16 heavy (non-hydrogen) atoms. The van der Waals surface area contributed by atoms with Crippen LogP contribution in [-0.2, 0) is 6.61 Å². The van der Waals surface area contributed by atoms with Crippen molar-refractivity contribution in [2.24, 2.45) is 0 Å². The summed E-state index contributed by atoms with van der Waals surface area (Å²) in [7, 11) is 1.65. The van der Waals surface area contributed by atoms with Crippen LogP contribution in [-0.4, -0.2) is 17.1 Å². The Morgan fingerprint density at radius 3 is 2.56 bits per heavy atom. The van der Waals surface area contributed by atoms with Crippen molar-refractivity contribution in [2.75, 3.05) is 7.11 Å². The molecule has 0 unspecified atom stereocenters. The van der Waals surface area contributed by atoms with Gasteiger partial charge in [0.15, 0.2) is 0 Å². The number of benzene rings is 1. The second kappa shape index (κ2) is 5.11.